The SMILES string of the molecule is CCN(CC)C(=O)c1ccc(NCC(=O)Nc2cccc(OCc3ccccc3)c2)cc1. The van der Waals surface area contributed by atoms with Crippen LogP contribution in [0.5, 0.6) is 5.75 Å². The maximum absolute atomic E-state index is 12.4. The summed E-state index contributed by atoms with van der Waals surface area (Å²) in [6.45, 7) is 5.84. The van der Waals surface area contributed by atoms with Crippen LogP contribution in [0.4, 0.5) is 11.4 Å². The van der Waals surface area contributed by atoms with Gasteiger partial charge in [-0.3, -0.25) is 9.59 Å². The lowest BCUT2D eigenvalue weighted by Gasteiger charge is -2.18. The van der Waals surface area contributed by atoms with Crippen LogP contribution in [0.1, 0.15) is 29.8 Å². The molecule has 0 saturated heterocycles. The normalized spacial score (nSPS) is 10.3. The van der Waals surface area contributed by atoms with Crippen molar-refractivity contribution in [3.05, 3.63) is 90.0 Å². The van der Waals surface area contributed by atoms with Crippen LogP contribution in [0.25, 0.3) is 0 Å². The summed E-state index contributed by atoms with van der Waals surface area (Å²) < 4.78 is 5.81. The van der Waals surface area contributed by atoms with E-state index >= 15 is 0 Å². The average molecular weight is 432 g/mol. The number of rotatable bonds is 10. The first-order valence-electron chi connectivity index (χ1n) is 10.8. The maximum atomic E-state index is 12.4. The van der Waals surface area contributed by atoms with Gasteiger partial charge in [0, 0.05) is 36.1 Å². The molecule has 0 radical (unpaired) electrons. The number of amides is 2. The van der Waals surface area contributed by atoms with Gasteiger partial charge in [0.1, 0.15) is 12.4 Å². The largest absolute Gasteiger partial charge is 0.489 e. The van der Waals surface area contributed by atoms with Crippen molar-refractivity contribution < 1.29 is 14.3 Å². The molecule has 0 aliphatic rings. The monoisotopic (exact) mass is 431 g/mol. The molecule has 0 bridgehead atoms. The van der Waals surface area contributed by atoms with Crippen molar-refractivity contribution >= 4 is 23.2 Å². The third-order valence-electron chi connectivity index (χ3n) is 5.00. The maximum Gasteiger partial charge on any atom is 0.253 e. The number of hydrogen-bond acceptors (Lipinski definition) is 4. The number of carbonyl (C=O) groups is 2. The summed E-state index contributed by atoms with van der Waals surface area (Å²) in [7, 11) is 0. The zero-order chi connectivity index (χ0) is 22.8. The number of nitrogens with zero attached hydrogens (tertiary/aromatic N) is 1. The topological polar surface area (TPSA) is 70.7 Å². The number of ether oxygens (including phenoxy) is 1. The van der Waals surface area contributed by atoms with Gasteiger partial charge in [0.2, 0.25) is 5.91 Å². The Labute approximate surface area is 189 Å². The number of anilines is 2. The van der Waals surface area contributed by atoms with E-state index in [-0.39, 0.29) is 18.4 Å². The Hall–Kier alpha value is -3.80. The second kappa shape index (κ2) is 11.6. The molecule has 0 heterocycles. The van der Waals surface area contributed by atoms with Gasteiger partial charge in [-0.05, 0) is 55.8 Å². The summed E-state index contributed by atoms with van der Waals surface area (Å²) in [5, 5.41) is 5.95. The van der Waals surface area contributed by atoms with Gasteiger partial charge in [-0.15, -0.1) is 0 Å². The Morgan fingerprint density at radius 3 is 2.25 bits per heavy atom. The van der Waals surface area contributed by atoms with Gasteiger partial charge in [-0.2, -0.15) is 0 Å². The Bertz CT molecular complexity index is 1020. The van der Waals surface area contributed by atoms with E-state index in [2.05, 4.69) is 10.6 Å². The van der Waals surface area contributed by atoms with Gasteiger partial charge in [0.25, 0.3) is 5.91 Å². The van der Waals surface area contributed by atoms with Crippen molar-refractivity contribution in [2.24, 2.45) is 0 Å². The molecular weight excluding hydrogens is 402 g/mol. The summed E-state index contributed by atoms with van der Waals surface area (Å²) in [5.74, 6) is 0.523. The van der Waals surface area contributed by atoms with Gasteiger partial charge in [0.15, 0.2) is 0 Å². The lowest BCUT2D eigenvalue weighted by Crippen LogP contribution is -2.30. The molecule has 0 spiro atoms. The Morgan fingerprint density at radius 2 is 1.56 bits per heavy atom. The second-order valence-corrected chi connectivity index (χ2v) is 7.26. The van der Waals surface area contributed by atoms with E-state index in [0.29, 0.717) is 36.7 Å². The first-order valence-corrected chi connectivity index (χ1v) is 10.8. The highest BCUT2D eigenvalue weighted by Crippen LogP contribution is 2.19. The molecule has 0 fully saturated rings. The molecule has 3 aromatic rings. The molecule has 6 heteroatoms. The van der Waals surface area contributed by atoms with Crippen LogP contribution in [0.15, 0.2) is 78.9 Å². The van der Waals surface area contributed by atoms with Crippen molar-refractivity contribution in [2.45, 2.75) is 20.5 Å². The van der Waals surface area contributed by atoms with Crippen LogP contribution in [0.2, 0.25) is 0 Å². The van der Waals surface area contributed by atoms with E-state index in [9.17, 15) is 9.59 Å². The molecular formula is C26H29N3O3. The van der Waals surface area contributed by atoms with Gasteiger partial charge < -0.3 is 20.3 Å². The highest BCUT2D eigenvalue weighted by molar-refractivity contribution is 5.95. The van der Waals surface area contributed by atoms with E-state index in [1.54, 1.807) is 23.1 Å². The fourth-order valence-electron chi connectivity index (χ4n) is 3.22. The minimum atomic E-state index is -0.173. The molecule has 0 aliphatic carbocycles. The Kier molecular flexibility index (Phi) is 8.26. The quantitative estimate of drug-likeness (QED) is 0.484. The van der Waals surface area contributed by atoms with E-state index in [1.165, 1.54) is 0 Å². The molecule has 166 valence electrons. The zero-order valence-corrected chi connectivity index (χ0v) is 18.5. The van der Waals surface area contributed by atoms with Crippen molar-refractivity contribution in [1.29, 1.82) is 0 Å². The van der Waals surface area contributed by atoms with Crippen LogP contribution < -0.4 is 15.4 Å². The molecule has 0 saturated carbocycles. The van der Waals surface area contributed by atoms with Crippen LogP contribution in [-0.2, 0) is 11.4 Å². The molecule has 0 atom stereocenters. The van der Waals surface area contributed by atoms with Gasteiger partial charge in [-0.1, -0.05) is 36.4 Å². The summed E-state index contributed by atoms with van der Waals surface area (Å²) in [6, 6.07) is 24.4. The van der Waals surface area contributed by atoms with Gasteiger partial charge in [-0.25, -0.2) is 0 Å². The Balaban J connectivity index is 1.49. The van der Waals surface area contributed by atoms with E-state index < -0.39 is 0 Å². The summed E-state index contributed by atoms with van der Waals surface area (Å²) in [6.07, 6.45) is 0. The molecule has 32 heavy (non-hydrogen) atoms. The predicted octanol–water partition coefficient (Wildman–Crippen LogP) is 4.80. The molecule has 2 N–H and O–H groups in total. The van der Waals surface area contributed by atoms with Crippen LogP contribution in [-0.4, -0.2) is 36.3 Å². The number of carbonyl (C=O) groups excluding carboxylic acids is 2. The number of nitrogens with one attached hydrogen (secondary N) is 2. The number of hydrogen-bond donors (Lipinski definition) is 2. The average Bonchev–Trinajstić information content (AvgIpc) is 2.83. The molecule has 0 aliphatic heterocycles. The molecule has 3 rings (SSSR count). The highest BCUT2D eigenvalue weighted by atomic mass is 16.5. The van der Waals surface area contributed by atoms with Crippen molar-refractivity contribution in [3.63, 3.8) is 0 Å². The smallest absolute Gasteiger partial charge is 0.253 e. The van der Waals surface area contributed by atoms with Crippen LogP contribution in [0.3, 0.4) is 0 Å². The molecule has 2 amide bonds. The molecule has 0 aromatic heterocycles. The predicted molar refractivity (Wildman–Crippen MR) is 128 cm³/mol. The van der Waals surface area contributed by atoms with Crippen LogP contribution in [0, 0.1) is 0 Å². The minimum Gasteiger partial charge on any atom is -0.489 e. The van der Waals surface area contributed by atoms with E-state index in [4.69, 9.17) is 4.74 Å². The van der Waals surface area contributed by atoms with Crippen LogP contribution >= 0.6 is 0 Å². The molecule has 3 aromatic carbocycles. The highest BCUT2D eigenvalue weighted by Gasteiger charge is 2.12. The first kappa shape index (κ1) is 22.9. The van der Waals surface area contributed by atoms with Crippen molar-refractivity contribution in [1.82, 2.24) is 4.90 Å². The van der Waals surface area contributed by atoms with E-state index in [1.807, 2.05) is 74.5 Å². The lowest BCUT2D eigenvalue weighted by molar-refractivity contribution is -0.114. The fourth-order valence-corrected chi connectivity index (χ4v) is 3.22. The molecule has 0 unspecified atom stereocenters. The third kappa shape index (κ3) is 6.60. The standard InChI is InChI=1S/C26H29N3O3/c1-3-29(4-2)26(31)21-13-15-22(16-14-21)27-18-25(30)28-23-11-8-12-24(17-23)32-19-20-9-6-5-7-10-20/h5-17,27H,3-4,18-19H2,1-2H3,(H,28,30). The third-order valence-corrected chi connectivity index (χ3v) is 5.00. The van der Waals surface area contributed by atoms with Gasteiger partial charge >= 0.3 is 0 Å². The van der Waals surface area contributed by atoms with Gasteiger partial charge in [0.05, 0.1) is 6.54 Å². The summed E-state index contributed by atoms with van der Waals surface area (Å²) >= 11 is 0. The first-order chi connectivity index (χ1) is 15.6. The number of benzene rings is 3. The second-order valence-electron chi connectivity index (χ2n) is 7.26. The van der Waals surface area contributed by atoms with Crippen molar-refractivity contribution in [2.75, 3.05) is 30.3 Å². The van der Waals surface area contributed by atoms with E-state index in [0.717, 1.165) is 11.3 Å². The minimum absolute atomic E-state index is 0.00802. The lowest BCUT2D eigenvalue weighted by atomic mass is 10.1. The van der Waals surface area contributed by atoms with Crippen molar-refractivity contribution in [3.8, 4) is 5.75 Å². The summed E-state index contributed by atoms with van der Waals surface area (Å²) in [5.41, 5.74) is 3.16. The Morgan fingerprint density at radius 1 is 0.844 bits per heavy atom. The zero-order valence-electron chi connectivity index (χ0n) is 18.5. The fraction of sp³-hybridized carbons (Fsp3) is 0.231. The molecule has 6 nitrogen and oxygen atoms in total. The summed E-state index contributed by atoms with van der Waals surface area (Å²) in [4.78, 5) is 26.5.